The van der Waals surface area contributed by atoms with Crippen LogP contribution >= 0.6 is 12.2 Å². The number of aliphatic carboxylic acids is 1. The Morgan fingerprint density at radius 1 is 1.10 bits per heavy atom. The number of anilines is 2. The first-order valence-electron chi connectivity index (χ1n) is 9.72. The van der Waals surface area contributed by atoms with Gasteiger partial charge in [-0.15, -0.1) is 0 Å². The van der Waals surface area contributed by atoms with Crippen LogP contribution in [-0.4, -0.2) is 57.3 Å². The molecule has 2 rings (SSSR count). The second kappa shape index (κ2) is 12.9. The molecule has 12 heteroatoms. The molecule has 1 aromatic heterocycles. The zero-order valence-corrected chi connectivity index (χ0v) is 17.7. The molecular weight excluding hydrogens is 422 g/mol. The van der Waals surface area contributed by atoms with Gasteiger partial charge in [-0.05, 0) is 30.6 Å². The minimum Gasteiger partial charge on any atom is -0.481 e. The van der Waals surface area contributed by atoms with E-state index in [2.05, 4.69) is 31.2 Å². The Morgan fingerprint density at radius 3 is 2.55 bits per heavy atom. The van der Waals surface area contributed by atoms with Crippen LogP contribution in [0.3, 0.4) is 0 Å². The fourth-order valence-corrected chi connectivity index (χ4v) is 2.73. The van der Waals surface area contributed by atoms with E-state index in [-0.39, 0.29) is 24.5 Å². The number of nitrogens with zero attached hydrogens (tertiary/aromatic N) is 3. The number of benzene rings is 1. The maximum atomic E-state index is 11.2. The molecule has 0 saturated carbocycles. The number of carboxylic acids is 1. The molecule has 5 N–H and O–H groups in total. The number of hydrogen-bond donors (Lipinski definition) is 5. The van der Waals surface area contributed by atoms with Gasteiger partial charge in [-0.3, -0.25) is 14.9 Å². The van der Waals surface area contributed by atoms with Gasteiger partial charge < -0.3 is 26.4 Å². The Balaban J connectivity index is 1.78. The van der Waals surface area contributed by atoms with Crippen molar-refractivity contribution < 1.29 is 14.8 Å². The predicted molar refractivity (Wildman–Crippen MR) is 121 cm³/mol. The van der Waals surface area contributed by atoms with Crippen molar-refractivity contribution in [1.82, 2.24) is 20.6 Å². The van der Waals surface area contributed by atoms with Crippen molar-refractivity contribution in [2.24, 2.45) is 0 Å². The van der Waals surface area contributed by atoms with Gasteiger partial charge in [-0.2, -0.15) is 4.98 Å². The van der Waals surface area contributed by atoms with Gasteiger partial charge in [0, 0.05) is 26.2 Å². The molecule has 11 nitrogen and oxygen atoms in total. The maximum Gasteiger partial charge on any atom is 0.329 e. The topological polar surface area (TPSA) is 154 Å². The van der Waals surface area contributed by atoms with Gasteiger partial charge in [0.2, 0.25) is 11.8 Å². The van der Waals surface area contributed by atoms with Crippen LogP contribution in [0.5, 0.6) is 0 Å². The molecule has 0 aliphatic rings. The first kappa shape index (κ1) is 23.7. The van der Waals surface area contributed by atoms with Gasteiger partial charge in [-0.25, -0.2) is 4.98 Å². The fraction of sp³-hybridized carbons (Fsp3) is 0.368. The van der Waals surface area contributed by atoms with Gasteiger partial charge in [0.05, 0.1) is 11.3 Å². The van der Waals surface area contributed by atoms with Crippen molar-refractivity contribution in [2.45, 2.75) is 19.3 Å². The lowest BCUT2D eigenvalue weighted by Gasteiger charge is -2.11. The Bertz CT molecular complexity index is 883. The predicted octanol–water partition coefficient (Wildman–Crippen LogP) is 1.78. The number of hydrogen-bond acceptors (Lipinski definition) is 8. The lowest BCUT2D eigenvalue weighted by atomic mass is 10.1. The molecule has 0 radical (unpaired) electrons. The van der Waals surface area contributed by atoms with Crippen LogP contribution in [0.4, 0.5) is 17.5 Å². The Hall–Kier alpha value is -3.54. The quantitative estimate of drug-likeness (QED) is 0.132. The van der Waals surface area contributed by atoms with E-state index < -0.39 is 10.9 Å². The third-order valence-electron chi connectivity index (χ3n) is 4.06. The molecule has 166 valence electrons. The van der Waals surface area contributed by atoms with Crippen molar-refractivity contribution in [2.75, 3.05) is 36.8 Å². The normalized spacial score (nSPS) is 10.2. The maximum absolute atomic E-state index is 11.2. The van der Waals surface area contributed by atoms with E-state index in [1.807, 2.05) is 30.3 Å². The average molecular weight is 448 g/mol. The van der Waals surface area contributed by atoms with Crippen LogP contribution in [0.1, 0.15) is 18.4 Å². The molecule has 0 aliphatic carbocycles. The molecule has 0 fully saturated rings. The molecule has 0 atom stereocenters. The third-order valence-corrected chi connectivity index (χ3v) is 4.35. The van der Waals surface area contributed by atoms with E-state index in [9.17, 15) is 14.9 Å². The van der Waals surface area contributed by atoms with Crippen molar-refractivity contribution in [1.29, 1.82) is 0 Å². The number of carboxylic acid groups (broad SMARTS) is 1. The highest BCUT2D eigenvalue weighted by atomic mass is 32.1. The van der Waals surface area contributed by atoms with E-state index in [1.54, 1.807) is 0 Å². The summed E-state index contributed by atoms with van der Waals surface area (Å²) in [6.45, 7) is 1.77. The summed E-state index contributed by atoms with van der Waals surface area (Å²) < 4.78 is 0. The zero-order chi connectivity index (χ0) is 22.5. The summed E-state index contributed by atoms with van der Waals surface area (Å²) >= 11 is 5.04. The third kappa shape index (κ3) is 9.21. The zero-order valence-electron chi connectivity index (χ0n) is 16.8. The number of carbonyl (C=O) groups is 1. The average Bonchev–Trinajstić information content (AvgIpc) is 2.74. The highest BCUT2D eigenvalue weighted by Gasteiger charge is 2.16. The number of nitrogens with one attached hydrogen (secondary N) is 4. The molecule has 0 aliphatic heterocycles. The van der Waals surface area contributed by atoms with Crippen LogP contribution in [0, 0.1) is 10.1 Å². The lowest BCUT2D eigenvalue weighted by molar-refractivity contribution is -0.384. The van der Waals surface area contributed by atoms with Crippen molar-refractivity contribution in [3.63, 3.8) is 0 Å². The molecule has 0 amide bonds. The summed E-state index contributed by atoms with van der Waals surface area (Å²) in [7, 11) is 0. The van der Waals surface area contributed by atoms with Crippen LogP contribution in [-0.2, 0) is 11.2 Å². The van der Waals surface area contributed by atoms with E-state index in [0.717, 1.165) is 12.0 Å². The monoisotopic (exact) mass is 447 g/mol. The Kier molecular flexibility index (Phi) is 9.88. The minimum atomic E-state index is -0.903. The van der Waals surface area contributed by atoms with Crippen molar-refractivity contribution >= 4 is 40.8 Å². The molecule has 0 unspecified atom stereocenters. The van der Waals surface area contributed by atoms with Gasteiger partial charge in [0.25, 0.3) is 0 Å². The summed E-state index contributed by atoms with van der Waals surface area (Å²) in [6, 6.07) is 9.92. The first-order chi connectivity index (χ1) is 15.0. The number of rotatable bonds is 13. The van der Waals surface area contributed by atoms with Crippen LogP contribution < -0.4 is 21.3 Å². The van der Waals surface area contributed by atoms with E-state index >= 15 is 0 Å². The van der Waals surface area contributed by atoms with E-state index in [1.165, 1.54) is 6.20 Å². The molecule has 31 heavy (non-hydrogen) atoms. The SMILES string of the molecule is O=C(O)CCNC(=S)NCCCNc1nc(NCCc2ccccc2)ncc1[N+](=O)[O-]. The highest BCUT2D eigenvalue weighted by molar-refractivity contribution is 7.80. The molecule has 0 bridgehead atoms. The summed E-state index contributed by atoms with van der Waals surface area (Å²) in [4.78, 5) is 29.4. The largest absolute Gasteiger partial charge is 0.481 e. The van der Waals surface area contributed by atoms with Crippen molar-refractivity contribution in [3.8, 4) is 0 Å². The standard InChI is InChI=1S/C19H25N7O4S/c27-16(28)8-12-23-19(31)22-10-4-9-20-17-15(26(29)30)13-24-18(25-17)21-11-7-14-5-2-1-3-6-14/h1-3,5-6,13H,4,7-12H2,(H,27,28)(H2,22,23,31)(H2,20,21,24,25). The molecule has 0 spiro atoms. The summed E-state index contributed by atoms with van der Waals surface area (Å²) in [5.41, 5.74) is 0.963. The second-order valence-corrected chi connectivity index (χ2v) is 6.86. The highest BCUT2D eigenvalue weighted by Crippen LogP contribution is 2.21. The molecule has 0 saturated heterocycles. The van der Waals surface area contributed by atoms with Gasteiger partial charge in [0.15, 0.2) is 5.11 Å². The lowest BCUT2D eigenvalue weighted by Crippen LogP contribution is -2.37. The van der Waals surface area contributed by atoms with Gasteiger partial charge >= 0.3 is 11.7 Å². The number of thiocarbonyl (C=S) groups is 1. The smallest absolute Gasteiger partial charge is 0.329 e. The fourth-order valence-electron chi connectivity index (χ4n) is 2.53. The Labute approximate surface area is 184 Å². The summed E-state index contributed by atoms with van der Waals surface area (Å²) in [5, 5.41) is 32.0. The molecule has 2 aromatic rings. The van der Waals surface area contributed by atoms with Crippen LogP contribution in [0.25, 0.3) is 0 Å². The van der Waals surface area contributed by atoms with Crippen molar-refractivity contribution in [3.05, 3.63) is 52.2 Å². The first-order valence-corrected chi connectivity index (χ1v) is 10.1. The number of nitro groups is 1. The van der Waals surface area contributed by atoms with Gasteiger partial charge in [-0.1, -0.05) is 30.3 Å². The number of aromatic nitrogens is 2. The molecule has 1 aromatic carbocycles. The molecular formula is C19H25N7O4S. The summed E-state index contributed by atoms with van der Waals surface area (Å²) in [6.07, 6.45) is 2.54. The Morgan fingerprint density at radius 2 is 1.84 bits per heavy atom. The molecule has 1 heterocycles. The van der Waals surface area contributed by atoms with E-state index in [4.69, 9.17) is 17.3 Å². The van der Waals surface area contributed by atoms with E-state index in [0.29, 0.717) is 37.1 Å². The van der Waals surface area contributed by atoms with Crippen LogP contribution in [0.15, 0.2) is 36.5 Å². The summed E-state index contributed by atoms with van der Waals surface area (Å²) in [5.74, 6) is -0.449. The van der Waals surface area contributed by atoms with Crippen LogP contribution in [0.2, 0.25) is 0 Å². The van der Waals surface area contributed by atoms with Gasteiger partial charge in [0.1, 0.15) is 6.20 Å². The minimum absolute atomic E-state index is 0.0253. The second-order valence-electron chi connectivity index (χ2n) is 6.45.